The van der Waals surface area contributed by atoms with Gasteiger partial charge in [0.05, 0.1) is 12.8 Å². The van der Waals surface area contributed by atoms with Crippen LogP contribution in [0.3, 0.4) is 0 Å². The Labute approximate surface area is 130 Å². The Hall–Kier alpha value is -0.800. The molecule has 2 rings (SSSR count). The fourth-order valence-electron chi connectivity index (χ4n) is 3.21. The number of nitrogens with zero attached hydrogens (tertiary/aromatic N) is 1. The fraction of sp³-hybridized carbons (Fsp3) is 0.778. The number of rotatable bonds is 7. The van der Waals surface area contributed by atoms with Gasteiger partial charge in [-0.25, -0.2) is 0 Å². The largest absolute Gasteiger partial charge is 0.468 e. The zero-order valence-electron chi connectivity index (χ0n) is 14.2. The van der Waals surface area contributed by atoms with Crippen LogP contribution < -0.4 is 5.32 Å². The summed E-state index contributed by atoms with van der Waals surface area (Å²) in [5.74, 6) is 1.09. The van der Waals surface area contributed by atoms with Gasteiger partial charge < -0.3 is 9.73 Å². The van der Waals surface area contributed by atoms with E-state index in [0.29, 0.717) is 11.5 Å². The van der Waals surface area contributed by atoms with Gasteiger partial charge in [-0.1, -0.05) is 20.8 Å². The minimum atomic E-state index is 0.542. The summed E-state index contributed by atoms with van der Waals surface area (Å²) in [6, 6.07) is 2.91. The molecule has 0 spiro atoms. The summed E-state index contributed by atoms with van der Waals surface area (Å²) in [6.07, 6.45) is 8.38. The van der Waals surface area contributed by atoms with Crippen molar-refractivity contribution in [3.63, 3.8) is 0 Å². The van der Waals surface area contributed by atoms with Gasteiger partial charge in [0.2, 0.25) is 0 Å². The molecule has 0 saturated heterocycles. The van der Waals surface area contributed by atoms with Gasteiger partial charge in [0.15, 0.2) is 0 Å². The van der Waals surface area contributed by atoms with Gasteiger partial charge in [0.25, 0.3) is 0 Å². The Bertz CT molecular complexity index is 415. The molecule has 1 heterocycles. The maximum absolute atomic E-state index is 5.72. The molecule has 1 N–H and O–H groups in total. The predicted octanol–water partition coefficient (Wildman–Crippen LogP) is 4.18. The van der Waals surface area contributed by atoms with Crippen LogP contribution in [0.15, 0.2) is 16.7 Å². The Balaban J connectivity index is 1.79. The van der Waals surface area contributed by atoms with E-state index in [2.05, 4.69) is 44.1 Å². The first-order valence-corrected chi connectivity index (χ1v) is 8.47. The molecule has 3 heteroatoms. The number of hydrogen-bond donors (Lipinski definition) is 1. The Morgan fingerprint density at radius 3 is 2.71 bits per heavy atom. The Morgan fingerprint density at radius 1 is 1.33 bits per heavy atom. The van der Waals surface area contributed by atoms with E-state index >= 15 is 0 Å². The van der Waals surface area contributed by atoms with Crippen LogP contribution in [0.1, 0.15) is 64.2 Å². The van der Waals surface area contributed by atoms with E-state index < -0.39 is 0 Å². The van der Waals surface area contributed by atoms with E-state index in [1.165, 1.54) is 37.7 Å². The van der Waals surface area contributed by atoms with Crippen LogP contribution in [0.25, 0.3) is 0 Å². The van der Waals surface area contributed by atoms with Crippen molar-refractivity contribution in [2.24, 2.45) is 5.41 Å². The standard InChI is InChI=1S/C18H32N2O/c1-5-10-19-12-15-11-17(21-14-15)13-20(4)16-6-8-18(2,3)9-7-16/h11,14,16,19H,5-10,12-13H2,1-4H3. The van der Waals surface area contributed by atoms with Crippen LogP contribution in [-0.4, -0.2) is 24.5 Å². The molecule has 0 atom stereocenters. The second-order valence-corrected chi connectivity index (χ2v) is 7.41. The molecule has 0 aliphatic heterocycles. The molecule has 120 valence electrons. The molecule has 21 heavy (non-hydrogen) atoms. The third kappa shape index (κ3) is 5.15. The third-order valence-electron chi connectivity index (χ3n) is 4.80. The summed E-state index contributed by atoms with van der Waals surface area (Å²) in [7, 11) is 2.24. The molecule has 1 aliphatic rings. The van der Waals surface area contributed by atoms with Crippen LogP contribution in [0, 0.1) is 5.41 Å². The maximum Gasteiger partial charge on any atom is 0.118 e. The summed E-state index contributed by atoms with van der Waals surface area (Å²) in [5, 5.41) is 3.42. The van der Waals surface area contributed by atoms with Gasteiger partial charge in [0, 0.05) is 18.2 Å². The van der Waals surface area contributed by atoms with E-state index in [1.54, 1.807) is 0 Å². The van der Waals surface area contributed by atoms with Crippen molar-refractivity contribution in [2.75, 3.05) is 13.6 Å². The highest BCUT2D eigenvalue weighted by Crippen LogP contribution is 2.36. The summed E-state index contributed by atoms with van der Waals surface area (Å²) in [6.45, 7) is 9.89. The first-order valence-electron chi connectivity index (χ1n) is 8.47. The van der Waals surface area contributed by atoms with Gasteiger partial charge in [-0.3, -0.25) is 4.90 Å². The summed E-state index contributed by atoms with van der Waals surface area (Å²) in [5.41, 5.74) is 1.80. The average molecular weight is 292 g/mol. The average Bonchev–Trinajstić information content (AvgIpc) is 2.86. The van der Waals surface area contributed by atoms with E-state index in [-0.39, 0.29) is 0 Å². The highest BCUT2D eigenvalue weighted by molar-refractivity contribution is 5.12. The summed E-state index contributed by atoms with van der Waals surface area (Å²) >= 11 is 0. The van der Waals surface area contributed by atoms with Crippen LogP contribution in [0.5, 0.6) is 0 Å². The minimum absolute atomic E-state index is 0.542. The lowest BCUT2D eigenvalue weighted by molar-refractivity contribution is 0.117. The molecular formula is C18H32N2O. The normalized spacial score (nSPS) is 19.3. The first-order chi connectivity index (χ1) is 10.00. The highest BCUT2D eigenvalue weighted by Gasteiger charge is 2.28. The molecule has 1 aromatic heterocycles. The van der Waals surface area contributed by atoms with Gasteiger partial charge in [0.1, 0.15) is 5.76 Å². The van der Waals surface area contributed by atoms with Crippen LogP contribution in [0.2, 0.25) is 0 Å². The van der Waals surface area contributed by atoms with E-state index in [1.807, 2.05) is 6.26 Å². The van der Waals surface area contributed by atoms with Crippen molar-refractivity contribution < 1.29 is 4.42 Å². The van der Waals surface area contributed by atoms with Crippen molar-refractivity contribution >= 4 is 0 Å². The molecule has 1 aliphatic carbocycles. The fourth-order valence-corrected chi connectivity index (χ4v) is 3.21. The minimum Gasteiger partial charge on any atom is -0.468 e. The summed E-state index contributed by atoms with van der Waals surface area (Å²) < 4.78 is 5.72. The van der Waals surface area contributed by atoms with Gasteiger partial charge >= 0.3 is 0 Å². The molecular weight excluding hydrogens is 260 g/mol. The van der Waals surface area contributed by atoms with Crippen molar-refractivity contribution in [2.45, 2.75) is 72.0 Å². The molecule has 0 radical (unpaired) electrons. The lowest BCUT2D eigenvalue weighted by atomic mass is 9.75. The Kier molecular flexibility index (Phi) is 5.88. The number of hydrogen-bond acceptors (Lipinski definition) is 3. The molecule has 0 amide bonds. The first kappa shape index (κ1) is 16.6. The molecule has 1 saturated carbocycles. The molecule has 1 fully saturated rings. The molecule has 0 bridgehead atoms. The smallest absolute Gasteiger partial charge is 0.118 e. The van der Waals surface area contributed by atoms with E-state index in [4.69, 9.17) is 4.42 Å². The van der Waals surface area contributed by atoms with Crippen LogP contribution >= 0.6 is 0 Å². The lowest BCUT2D eigenvalue weighted by Crippen LogP contribution is -2.36. The van der Waals surface area contributed by atoms with E-state index in [9.17, 15) is 0 Å². The zero-order valence-corrected chi connectivity index (χ0v) is 14.2. The molecule has 1 aromatic rings. The van der Waals surface area contributed by atoms with Gasteiger partial charge in [-0.2, -0.15) is 0 Å². The monoisotopic (exact) mass is 292 g/mol. The topological polar surface area (TPSA) is 28.4 Å². The molecule has 0 unspecified atom stereocenters. The SMILES string of the molecule is CCCNCc1coc(CN(C)C2CCC(C)(C)CC2)c1. The van der Waals surface area contributed by atoms with Gasteiger partial charge in [-0.15, -0.1) is 0 Å². The third-order valence-corrected chi connectivity index (χ3v) is 4.80. The van der Waals surface area contributed by atoms with Crippen molar-refractivity contribution in [3.8, 4) is 0 Å². The molecule has 0 aromatic carbocycles. The maximum atomic E-state index is 5.72. The second-order valence-electron chi connectivity index (χ2n) is 7.41. The second kappa shape index (κ2) is 7.46. The van der Waals surface area contributed by atoms with Crippen molar-refractivity contribution in [1.29, 1.82) is 0 Å². The zero-order chi connectivity index (χ0) is 15.3. The number of furan rings is 1. The number of nitrogens with one attached hydrogen (secondary N) is 1. The van der Waals surface area contributed by atoms with Gasteiger partial charge in [-0.05, 0) is 57.2 Å². The van der Waals surface area contributed by atoms with Crippen molar-refractivity contribution in [3.05, 3.63) is 23.7 Å². The quantitative estimate of drug-likeness (QED) is 0.764. The predicted molar refractivity (Wildman–Crippen MR) is 88.2 cm³/mol. The van der Waals surface area contributed by atoms with Crippen LogP contribution in [0.4, 0.5) is 0 Å². The summed E-state index contributed by atoms with van der Waals surface area (Å²) in [4.78, 5) is 2.47. The highest BCUT2D eigenvalue weighted by atomic mass is 16.3. The lowest BCUT2D eigenvalue weighted by Gasteiger charge is -2.38. The van der Waals surface area contributed by atoms with E-state index in [0.717, 1.165) is 25.4 Å². The van der Waals surface area contributed by atoms with Crippen LogP contribution in [-0.2, 0) is 13.1 Å². The van der Waals surface area contributed by atoms with Crippen molar-refractivity contribution in [1.82, 2.24) is 10.2 Å². The Morgan fingerprint density at radius 2 is 2.05 bits per heavy atom. The molecule has 3 nitrogen and oxygen atoms in total.